The van der Waals surface area contributed by atoms with Crippen LogP contribution in [-0.2, 0) is 11.2 Å². The van der Waals surface area contributed by atoms with Crippen molar-refractivity contribution < 1.29 is 14.3 Å². The Morgan fingerprint density at radius 2 is 1.74 bits per heavy atom. The molecule has 0 aliphatic carbocycles. The molecular weight excluding hydrogens is 362 g/mol. The highest BCUT2D eigenvalue weighted by atomic mass is 32.1. The van der Waals surface area contributed by atoms with Crippen molar-refractivity contribution in [3.63, 3.8) is 0 Å². The van der Waals surface area contributed by atoms with Crippen molar-refractivity contribution in [1.29, 1.82) is 0 Å². The van der Waals surface area contributed by atoms with Crippen molar-refractivity contribution in [3.05, 3.63) is 64.7 Å². The molecule has 6 nitrogen and oxygen atoms in total. The van der Waals surface area contributed by atoms with Gasteiger partial charge in [-0.2, -0.15) is 0 Å². The van der Waals surface area contributed by atoms with Crippen molar-refractivity contribution in [2.24, 2.45) is 0 Å². The quantitative estimate of drug-likeness (QED) is 0.641. The lowest BCUT2D eigenvalue weighted by molar-refractivity contribution is -0.118. The smallest absolute Gasteiger partial charge is 0.264 e. The number of carbonyl (C=O) groups is 1. The number of aryl methyl sites for hydroxylation is 2. The Morgan fingerprint density at radius 3 is 2.48 bits per heavy atom. The predicted octanol–water partition coefficient (Wildman–Crippen LogP) is 3.79. The fourth-order valence-electron chi connectivity index (χ4n) is 2.50. The van der Waals surface area contributed by atoms with Crippen LogP contribution in [0, 0.1) is 13.8 Å². The van der Waals surface area contributed by atoms with E-state index in [1.807, 2.05) is 62.4 Å². The summed E-state index contributed by atoms with van der Waals surface area (Å²) in [5, 5.41) is 12.1. The number of nitrogens with zero attached hydrogens (tertiary/aromatic N) is 2. The third-order valence-electron chi connectivity index (χ3n) is 3.80. The molecule has 27 heavy (non-hydrogen) atoms. The van der Waals surface area contributed by atoms with Gasteiger partial charge in [0, 0.05) is 6.42 Å². The zero-order valence-corrected chi connectivity index (χ0v) is 16.1. The summed E-state index contributed by atoms with van der Waals surface area (Å²) in [6, 6.07) is 15.5. The maximum absolute atomic E-state index is 12.1. The first kappa shape index (κ1) is 18.8. The van der Waals surface area contributed by atoms with Gasteiger partial charge in [0.1, 0.15) is 16.5 Å². The molecule has 0 aliphatic heterocycles. The molecule has 0 atom stereocenters. The van der Waals surface area contributed by atoms with E-state index in [4.69, 9.17) is 9.47 Å². The minimum absolute atomic E-state index is 0.0717. The molecule has 140 valence electrons. The van der Waals surface area contributed by atoms with Crippen LogP contribution >= 0.6 is 11.3 Å². The van der Waals surface area contributed by atoms with Crippen molar-refractivity contribution in [2.75, 3.05) is 18.5 Å². The van der Waals surface area contributed by atoms with E-state index < -0.39 is 0 Å². The first-order valence-corrected chi connectivity index (χ1v) is 9.42. The summed E-state index contributed by atoms with van der Waals surface area (Å²) in [6.07, 6.45) is 0.626. The molecule has 7 heteroatoms. The molecule has 1 aromatic heterocycles. The molecule has 3 aromatic rings. The second-order valence-electron chi connectivity index (χ2n) is 5.97. The number of benzene rings is 2. The maximum atomic E-state index is 12.1. The van der Waals surface area contributed by atoms with Crippen LogP contribution in [-0.4, -0.2) is 29.3 Å². The number of hydrogen-bond donors (Lipinski definition) is 1. The summed E-state index contributed by atoms with van der Waals surface area (Å²) >= 11 is 1.33. The predicted molar refractivity (Wildman–Crippen MR) is 106 cm³/mol. The van der Waals surface area contributed by atoms with Gasteiger partial charge >= 0.3 is 0 Å². The van der Waals surface area contributed by atoms with Crippen LogP contribution in [0.25, 0.3) is 0 Å². The van der Waals surface area contributed by atoms with Crippen LogP contribution in [0.3, 0.4) is 0 Å². The Hall–Kier alpha value is -2.93. The highest BCUT2D eigenvalue weighted by molar-refractivity contribution is 7.15. The second kappa shape index (κ2) is 9.14. The van der Waals surface area contributed by atoms with Gasteiger partial charge in [0.05, 0.1) is 6.61 Å². The fraction of sp³-hybridized carbons (Fsp3) is 0.250. The summed E-state index contributed by atoms with van der Waals surface area (Å²) in [6.45, 7) is 4.34. The van der Waals surface area contributed by atoms with E-state index in [0.29, 0.717) is 18.2 Å². The molecule has 3 rings (SSSR count). The van der Waals surface area contributed by atoms with Crippen LogP contribution < -0.4 is 14.8 Å². The van der Waals surface area contributed by atoms with Crippen molar-refractivity contribution in [1.82, 2.24) is 10.2 Å². The Balaban J connectivity index is 1.45. The molecule has 1 amide bonds. The van der Waals surface area contributed by atoms with Gasteiger partial charge in [0.2, 0.25) is 5.13 Å². The number of anilines is 1. The van der Waals surface area contributed by atoms with Gasteiger partial charge in [0.15, 0.2) is 6.61 Å². The Bertz CT molecular complexity index is 876. The van der Waals surface area contributed by atoms with E-state index in [1.165, 1.54) is 11.3 Å². The molecule has 0 radical (unpaired) electrons. The zero-order chi connectivity index (χ0) is 19.1. The lowest BCUT2D eigenvalue weighted by Gasteiger charge is -2.11. The van der Waals surface area contributed by atoms with Gasteiger partial charge in [-0.3, -0.25) is 10.1 Å². The number of amides is 1. The number of ether oxygens (including phenoxy) is 2. The van der Waals surface area contributed by atoms with Gasteiger partial charge in [0.25, 0.3) is 5.91 Å². The topological polar surface area (TPSA) is 73.3 Å². The molecule has 0 fully saturated rings. The summed E-state index contributed by atoms with van der Waals surface area (Å²) in [4.78, 5) is 12.1. The Morgan fingerprint density at radius 1 is 1.00 bits per heavy atom. The van der Waals surface area contributed by atoms with Gasteiger partial charge in [-0.25, -0.2) is 0 Å². The van der Waals surface area contributed by atoms with E-state index in [0.717, 1.165) is 27.6 Å². The highest BCUT2D eigenvalue weighted by Gasteiger charge is 2.11. The first-order chi connectivity index (χ1) is 13.1. The van der Waals surface area contributed by atoms with Crippen LogP contribution in [0.2, 0.25) is 0 Å². The number of aromatic nitrogens is 2. The lowest BCUT2D eigenvalue weighted by atomic mass is 10.1. The molecule has 0 spiro atoms. The highest BCUT2D eigenvalue weighted by Crippen LogP contribution is 2.22. The average molecular weight is 383 g/mol. The number of para-hydroxylation sites is 2. The van der Waals surface area contributed by atoms with Crippen molar-refractivity contribution in [2.45, 2.75) is 20.3 Å². The normalized spacial score (nSPS) is 10.4. The van der Waals surface area contributed by atoms with Gasteiger partial charge in [-0.05, 0) is 37.1 Å². The molecular formula is C20H21N3O3S. The SMILES string of the molecule is Cc1cccc(C)c1OCC(=O)Nc1nnc(CCOc2ccccc2)s1. The number of hydrogen-bond acceptors (Lipinski definition) is 6. The van der Waals surface area contributed by atoms with Crippen molar-refractivity contribution >= 4 is 22.4 Å². The number of rotatable bonds is 8. The van der Waals surface area contributed by atoms with Crippen LogP contribution in [0.1, 0.15) is 16.1 Å². The summed E-state index contributed by atoms with van der Waals surface area (Å²) in [5.74, 6) is 1.30. The van der Waals surface area contributed by atoms with Gasteiger partial charge in [-0.15, -0.1) is 10.2 Å². The zero-order valence-electron chi connectivity index (χ0n) is 15.3. The minimum atomic E-state index is -0.263. The Kier molecular flexibility index (Phi) is 6.38. The molecule has 0 aliphatic rings. The lowest BCUT2D eigenvalue weighted by Crippen LogP contribution is -2.20. The number of carbonyl (C=O) groups excluding carboxylic acids is 1. The summed E-state index contributed by atoms with van der Waals surface area (Å²) in [5.41, 5.74) is 2.00. The average Bonchev–Trinajstić information content (AvgIpc) is 3.09. The number of nitrogens with one attached hydrogen (secondary N) is 1. The van der Waals surface area contributed by atoms with Crippen molar-refractivity contribution in [3.8, 4) is 11.5 Å². The van der Waals surface area contributed by atoms with Gasteiger partial charge in [-0.1, -0.05) is 47.7 Å². The van der Waals surface area contributed by atoms with E-state index in [1.54, 1.807) is 0 Å². The van der Waals surface area contributed by atoms with Crippen LogP contribution in [0.5, 0.6) is 11.5 Å². The first-order valence-electron chi connectivity index (χ1n) is 8.61. The van der Waals surface area contributed by atoms with Crippen LogP contribution in [0.15, 0.2) is 48.5 Å². The molecule has 0 bridgehead atoms. The Labute approximate surface area is 162 Å². The molecule has 1 heterocycles. The van der Waals surface area contributed by atoms with E-state index in [9.17, 15) is 4.79 Å². The summed E-state index contributed by atoms with van der Waals surface area (Å²) < 4.78 is 11.3. The third kappa shape index (κ3) is 5.52. The molecule has 1 N–H and O–H groups in total. The second-order valence-corrected chi connectivity index (χ2v) is 7.03. The molecule has 0 unspecified atom stereocenters. The summed E-state index contributed by atoms with van der Waals surface area (Å²) in [7, 11) is 0. The maximum Gasteiger partial charge on any atom is 0.264 e. The van der Waals surface area contributed by atoms with Gasteiger partial charge < -0.3 is 9.47 Å². The fourth-order valence-corrected chi connectivity index (χ4v) is 3.23. The van der Waals surface area contributed by atoms with E-state index in [2.05, 4.69) is 15.5 Å². The van der Waals surface area contributed by atoms with E-state index >= 15 is 0 Å². The standard InChI is InChI=1S/C20H21N3O3S/c1-14-7-6-8-15(2)19(14)26-13-17(24)21-20-23-22-18(27-20)11-12-25-16-9-4-3-5-10-16/h3-10H,11-13H2,1-2H3,(H,21,23,24). The minimum Gasteiger partial charge on any atom is -0.493 e. The monoisotopic (exact) mass is 383 g/mol. The van der Waals surface area contributed by atoms with Crippen LogP contribution in [0.4, 0.5) is 5.13 Å². The molecule has 0 saturated heterocycles. The molecule has 2 aromatic carbocycles. The molecule has 0 saturated carbocycles. The third-order valence-corrected chi connectivity index (χ3v) is 4.70. The van der Waals surface area contributed by atoms with E-state index in [-0.39, 0.29) is 12.5 Å². The largest absolute Gasteiger partial charge is 0.493 e.